The van der Waals surface area contributed by atoms with Gasteiger partial charge in [0.05, 0.1) is 11.9 Å². The second kappa shape index (κ2) is 8.51. The summed E-state index contributed by atoms with van der Waals surface area (Å²) in [4.78, 5) is 12.8. The van der Waals surface area contributed by atoms with Gasteiger partial charge in [-0.2, -0.15) is 0 Å². The minimum absolute atomic E-state index is 0.00346. The maximum atomic E-state index is 12.8. The van der Waals surface area contributed by atoms with E-state index >= 15 is 0 Å². The van der Waals surface area contributed by atoms with Crippen molar-refractivity contribution in [3.63, 3.8) is 0 Å². The monoisotopic (exact) mass is 354 g/mol. The molecule has 0 aliphatic heterocycles. The lowest BCUT2D eigenvalue weighted by Gasteiger charge is -2.33. The molecule has 0 fully saturated rings. The molecule has 0 unspecified atom stereocenters. The molecule has 0 bridgehead atoms. The molecule has 6 heteroatoms. The van der Waals surface area contributed by atoms with Crippen LogP contribution >= 0.6 is 0 Å². The summed E-state index contributed by atoms with van der Waals surface area (Å²) in [5, 5.41) is 3.04. The molecular weight excluding hydrogens is 324 g/mol. The molecule has 1 aromatic rings. The molecule has 5 nitrogen and oxygen atoms in total. The van der Waals surface area contributed by atoms with Crippen molar-refractivity contribution in [2.45, 2.75) is 53.1 Å². The third-order valence-electron chi connectivity index (χ3n) is 4.09. The summed E-state index contributed by atoms with van der Waals surface area (Å²) < 4.78 is 25.9. The van der Waals surface area contributed by atoms with Crippen LogP contribution in [0.25, 0.3) is 0 Å². The molecule has 0 aromatic heterocycles. The Morgan fingerprint density at radius 2 is 1.58 bits per heavy atom. The van der Waals surface area contributed by atoms with Gasteiger partial charge in [0.2, 0.25) is 15.9 Å². The lowest BCUT2D eigenvalue weighted by atomic mass is 9.93. The summed E-state index contributed by atoms with van der Waals surface area (Å²) in [6, 6.07) is 8.01. The van der Waals surface area contributed by atoms with E-state index in [-0.39, 0.29) is 23.8 Å². The molecule has 0 aliphatic carbocycles. The van der Waals surface area contributed by atoms with Gasteiger partial charge >= 0.3 is 0 Å². The first-order valence-electron chi connectivity index (χ1n) is 8.44. The summed E-state index contributed by atoms with van der Waals surface area (Å²) >= 11 is 0. The van der Waals surface area contributed by atoms with Gasteiger partial charge in [0.25, 0.3) is 0 Å². The van der Waals surface area contributed by atoms with Crippen LogP contribution in [-0.4, -0.2) is 32.7 Å². The number of sulfonamides is 1. The Labute approximate surface area is 146 Å². The average Bonchev–Trinajstić information content (AvgIpc) is 2.48. The molecule has 136 valence electrons. The second-order valence-corrected chi connectivity index (χ2v) is 8.70. The lowest BCUT2D eigenvalue weighted by molar-refractivity contribution is -0.123. The molecule has 0 aliphatic rings. The minimum Gasteiger partial charge on any atom is -0.351 e. The highest BCUT2D eigenvalue weighted by molar-refractivity contribution is 7.92. The van der Waals surface area contributed by atoms with Crippen molar-refractivity contribution in [2.24, 2.45) is 11.8 Å². The second-order valence-electron chi connectivity index (χ2n) is 6.84. The van der Waals surface area contributed by atoms with E-state index < -0.39 is 16.1 Å². The van der Waals surface area contributed by atoms with Crippen molar-refractivity contribution in [1.82, 2.24) is 5.32 Å². The number of amides is 1. The van der Waals surface area contributed by atoms with Crippen molar-refractivity contribution < 1.29 is 13.2 Å². The van der Waals surface area contributed by atoms with E-state index in [0.717, 1.165) is 6.26 Å². The van der Waals surface area contributed by atoms with Crippen LogP contribution in [0.1, 0.15) is 41.0 Å². The highest BCUT2D eigenvalue weighted by atomic mass is 32.2. The zero-order valence-electron chi connectivity index (χ0n) is 15.5. The van der Waals surface area contributed by atoms with E-state index in [1.807, 2.05) is 13.0 Å². The van der Waals surface area contributed by atoms with Gasteiger partial charge in [-0.05, 0) is 30.4 Å². The van der Waals surface area contributed by atoms with Crippen molar-refractivity contribution in [3.8, 4) is 0 Å². The molecule has 1 aromatic carbocycles. The number of nitrogens with one attached hydrogen (secondary N) is 1. The molecule has 24 heavy (non-hydrogen) atoms. The van der Waals surface area contributed by atoms with Crippen LogP contribution < -0.4 is 9.62 Å². The summed E-state index contributed by atoms with van der Waals surface area (Å²) in [7, 11) is -3.58. The van der Waals surface area contributed by atoms with Crippen LogP contribution in [0.5, 0.6) is 0 Å². The van der Waals surface area contributed by atoms with Crippen molar-refractivity contribution >= 4 is 21.6 Å². The van der Waals surface area contributed by atoms with E-state index in [2.05, 4.69) is 33.0 Å². The van der Waals surface area contributed by atoms with E-state index in [9.17, 15) is 13.2 Å². The Morgan fingerprint density at radius 3 is 1.96 bits per heavy atom. The van der Waals surface area contributed by atoms with Gasteiger partial charge in [-0.3, -0.25) is 9.10 Å². The van der Waals surface area contributed by atoms with E-state index in [0.29, 0.717) is 12.1 Å². The summed E-state index contributed by atoms with van der Waals surface area (Å²) in [5.74, 6) is 0.295. The predicted molar refractivity (Wildman–Crippen MR) is 99.5 cm³/mol. The fourth-order valence-corrected chi connectivity index (χ4v) is 4.21. The summed E-state index contributed by atoms with van der Waals surface area (Å²) in [6.45, 7) is 10.0. The molecule has 0 heterocycles. The molecular formula is C18H30N2O3S. The quantitative estimate of drug-likeness (QED) is 0.780. The van der Waals surface area contributed by atoms with Crippen LogP contribution in [0.4, 0.5) is 5.69 Å². The first-order valence-corrected chi connectivity index (χ1v) is 10.3. The maximum absolute atomic E-state index is 12.8. The van der Waals surface area contributed by atoms with Crippen molar-refractivity contribution in [3.05, 3.63) is 30.3 Å². The Balaban J connectivity index is 3.17. The number of carbonyl (C=O) groups is 1. The van der Waals surface area contributed by atoms with Crippen LogP contribution in [0.15, 0.2) is 30.3 Å². The van der Waals surface area contributed by atoms with Crippen LogP contribution in [0.2, 0.25) is 0 Å². The fraction of sp³-hybridized carbons (Fsp3) is 0.611. The van der Waals surface area contributed by atoms with Gasteiger partial charge in [-0.25, -0.2) is 8.42 Å². The van der Waals surface area contributed by atoms with E-state index in [1.165, 1.54) is 4.31 Å². The Hall–Kier alpha value is -1.56. The molecule has 1 amide bonds. The number of para-hydroxylation sites is 1. The maximum Gasteiger partial charge on any atom is 0.244 e. The fourth-order valence-electron chi connectivity index (χ4n) is 3.00. The SMILES string of the molecule is CC[C@@H](C(=O)NC(C(C)C)C(C)C)N(c1ccccc1)S(C)(=O)=O. The number of anilines is 1. The van der Waals surface area contributed by atoms with Crippen LogP contribution in [0, 0.1) is 11.8 Å². The lowest BCUT2D eigenvalue weighted by Crippen LogP contribution is -2.53. The zero-order valence-corrected chi connectivity index (χ0v) is 16.3. The topological polar surface area (TPSA) is 66.5 Å². The number of benzene rings is 1. The van der Waals surface area contributed by atoms with Crippen molar-refractivity contribution in [1.29, 1.82) is 0 Å². The normalized spacial score (nSPS) is 13.4. The number of carbonyl (C=O) groups excluding carboxylic acids is 1. The van der Waals surface area contributed by atoms with E-state index in [4.69, 9.17) is 0 Å². The number of hydrogen-bond donors (Lipinski definition) is 1. The first kappa shape index (κ1) is 20.5. The van der Waals surface area contributed by atoms with Crippen LogP contribution in [-0.2, 0) is 14.8 Å². The highest BCUT2D eigenvalue weighted by Gasteiger charge is 2.33. The predicted octanol–water partition coefficient (Wildman–Crippen LogP) is 3.03. The molecule has 1 rings (SSSR count). The Bertz CT molecular complexity index is 619. The van der Waals surface area contributed by atoms with Gasteiger partial charge in [0, 0.05) is 6.04 Å². The Kier molecular flexibility index (Phi) is 7.27. The van der Waals surface area contributed by atoms with Gasteiger partial charge in [-0.1, -0.05) is 52.8 Å². The number of rotatable bonds is 8. The van der Waals surface area contributed by atoms with Crippen LogP contribution in [0.3, 0.4) is 0 Å². The first-order chi connectivity index (χ1) is 11.1. The molecule has 1 N–H and O–H groups in total. The molecule has 0 saturated carbocycles. The third kappa shape index (κ3) is 5.23. The highest BCUT2D eigenvalue weighted by Crippen LogP contribution is 2.22. The number of hydrogen-bond acceptors (Lipinski definition) is 3. The molecule has 1 atom stereocenters. The summed E-state index contributed by atoms with van der Waals surface area (Å²) in [5.41, 5.74) is 0.507. The Morgan fingerprint density at radius 1 is 1.08 bits per heavy atom. The van der Waals surface area contributed by atoms with E-state index in [1.54, 1.807) is 24.3 Å². The van der Waals surface area contributed by atoms with Crippen molar-refractivity contribution in [2.75, 3.05) is 10.6 Å². The molecule has 0 radical (unpaired) electrons. The summed E-state index contributed by atoms with van der Waals surface area (Å²) in [6.07, 6.45) is 1.54. The molecule has 0 saturated heterocycles. The third-order valence-corrected chi connectivity index (χ3v) is 5.27. The van der Waals surface area contributed by atoms with Gasteiger partial charge in [0.15, 0.2) is 0 Å². The van der Waals surface area contributed by atoms with Gasteiger partial charge in [0.1, 0.15) is 6.04 Å². The largest absolute Gasteiger partial charge is 0.351 e. The zero-order chi connectivity index (χ0) is 18.5. The number of nitrogens with zero attached hydrogens (tertiary/aromatic N) is 1. The standard InChI is InChI=1S/C18H30N2O3S/c1-7-16(18(21)19-17(13(2)3)14(4)5)20(24(6,22)23)15-11-9-8-10-12-15/h8-14,16-17H,7H2,1-6H3,(H,19,21)/t16-/m0/s1. The smallest absolute Gasteiger partial charge is 0.244 e. The minimum atomic E-state index is -3.58. The average molecular weight is 355 g/mol. The molecule has 0 spiro atoms. The van der Waals surface area contributed by atoms with Gasteiger partial charge < -0.3 is 5.32 Å². The van der Waals surface area contributed by atoms with Gasteiger partial charge in [-0.15, -0.1) is 0 Å².